The molecule has 7 heteroatoms. The zero-order valence-electron chi connectivity index (χ0n) is 12.5. The number of likely N-dealkylation sites (tertiary alicyclic amines) is 1. The summed E-state index contributed by atoms with van der Waals surface area (Å²) in [4.78, 5) is 36.3. The number of hydrogen-bond acceptors (Lipinski definition) is 4. The molecule has 6 nitrogen and oxygen atoms in total. The number of piperidine rings is 1. The molecule has 1 heterocycles. The Hall–Kier alpha value is -1.24. The molecule has 0 aromatic rings. The average Bonchev–Trinajstić information content (AvgIpc) is 2.47. The maximum Gasteiger partial charge on any atom is 0.326 e. The molecule has 0 aromatic carbocycles. The minimum Gasteiger partial charge on any atom is -0.480 e. The molecule has 1 saturated heterocycles. The van der Waals surface area contributed by atoms with E-state index in [1.54, 1.807) is 0 Å². The maximum atomic E-state index is 11.9. The van der Waals surface area contributed by atoms with Crippen molar-refractivity contribution in [1.82, 2.24) is 10.2 Å². The van der Waals surface area contributed by atoms with E-state index in [-0.39, 0.29) is 23.3 Å². The van der Waals surface area contributed by atoms with Gasteiger partial charge >= 0.3 is 5.97 Å². The molecule has 1 fully saturated rings. The van der Waals surface area contributed by atoms with Crippen LogP contribution in [0.15, 0.2) is 0 Å². The Morgan fingerprint density at radius 1 is 1.19 bits per heavy atom. The molecular weight excluding hydrogens is 292 g/mol. The summed E-state index contributed by atoms with van der Waals surface area (Å²) in [5, 5.41) is 11.4. The van der Waals surface area contributed by atoms with Gasteiger partial charge in [0, 0.05) is 13.1 Å². The van der Waals surface area contributed by atoms with Gasteiger partial charge < -0.3 is 15.3 Å². The molecule has 0 aliphatic carbocycles. The van der Waals surface area contributed by atoms with Crippen LogP contribution in [0.2, 0.25) is 0 Å². The van der Waals surface area contributed by atoms with Crippen LogP contribution in [-0.4, -0.2) is 58.4 Å². The highest BCUT2D eigenvalue weighted by Gasteiger charge is 2.20. The number of nitrogens with zero attached hydrogens (tertiary/aromatic N) is 1. The smallest absolute Gasteiger partial charge is 0.326 e. The highest BCUT2D eigenvalue weighted by Crippen LogP contribution is 2.11. The molecule has 1 aliphatic heterocycles. The first-order valence-electron chi connectivity index (χ1n) is 7.42. The molecule has 1 atom stereocenters. The number of carbonyl (C=O) groups excluding carboxylic acids is 2. The molecule has 2 N–H and O–H groups in total. The van der Waals surface area contributed by atoms with Gasteiger partial charge in [-0.15, -0.1) is 11.8 Å². The van der Waals surface area contributed by atoms with Gasteiger partial charge in [0.25, 0.3) is 0 Å². The summed E-state index contributed by atoms with van der Waals surface area (Å²) < 4.78 is 0. The molecule has 0 bridgehead atoms. The number of aliphatic carboxylic acids is 1. The molecule has 21 heavy (non-hydrogen) atoms. The van der Waals surface area contributed by atoms with E-state index in [1.807, 2.05) is 11.8 Å². The van der Waals surface area contributed by atoms with Crippen LogP contribution < -0.4 is 5.32 Å². The molecule has 0 aromatic heterocycles. The van der Waals surface area contributed by atoms with E-state index in [1.165, 1.54) is 18.2 Å². The van der Waals surface area contributed by atoms with E-state index in [0.717, 1.165) is 25.9 Å². The zero-order chi connectivity index (χ0) is 15.7. The van der Waals surface area contributed by atoms with E-state index in [2.05, 4.69) is 5.32 Å². The summed E-state index contributed by atoms with van der Waals surface area (Å²) >= 11 is 1.24. The van der Waals surface area contributed by atoms with Crippen LogP contribution in [-0.2, 0) is 14.4 Å². The fourth-order valence-electron chi connectivity index (χ4n) is 2.25. The highest BCUT2D eigenvalue weighted by molar-refractivity contribution is 8.00. The lowest BCUT2D eigenvalue weighted by molar-refractivity contribution is -0.141. The van der Waals surface area contributed by atoms with Gasteiger partial charge in [0.2, 0.25) is 11.8 Å². The van der Waals surface area contributed by atoms with Crippen molar-refractivity contribution in [2.24, 2.45) is 0 Å². The first-order valence-corrected chi connectivity index (χ1v) is 8.57. The first kappa shape index (κ1) is 17.8. The lowest BCUT2D eigenvalue weighted by Crippen LogP contribution is -2.42. The average molecular weight is 316 g/mol. The number of carbonyl (C=O) groups is 3. The summed E-state index contributed by atoms with van der Waals surface area (Å²) in [5.74, 6) is -0.880. The quantitative estimate of drug-likeness (QED) is 0.700. The number of nitrogens with one attached hydrogen (secondary N) is 1. The van der Waals surface area contributed by atoms with E-state index in [4.69, 9.17) is 5.11 Å². The van der Waals surface area contributed by atoms with Gasteiger partial charge in [0.15, 0.2) is 0 Å². The van der Waals surface area contributed by atoms with Crippen molar-refractivity contribution in [2.75, 3.05) is 24.6 Å². The third-order valence-corrected chi connectivity index (χ3v) is 4.30. The Balaban J connectivity index is 2.22. The fourth-order valence-corrected chi connectivity index (χ4v) is 2.98. The molecular formula is C14H24N2O4S. The van der Waals surface area contributed by atoms with Gasteiger partial charge in [-0.2, -0.15) is 0 Å². The normalized spacial score (nSPS) is 16.3. The molecule has 1 rings (SSSR count). The van der Waals surface area contributed by atoms with Crippen molar-refractivity contribution in [3.8, 4) is 0 Å². The van der Waals surface area contributed by atoms with Crippen molar-refractivity contribution in [3.05, 3.63) is 0 Å². The summed E-state index contributed by atoms with van der Waals surface area (Å²) in [7, 11) is 0. The predicted molar refractivity (Wildman–Crippen MR) is 82.2 cm³/mol. The van der Waals surface area contributed by atoms with Crippen molar-refractivity contribution < 1.29 is 19.5 Å². The summed E-state index contributed by atoms with van der Waals surface area (Å²) in [6.45, 7) is 3.49. The standard InChI is InChI=1S/C14H24N2O4S/c1-2-6-11(14(19)20)15-12(17)9-21-10-13(18)16-7-4-3-5-8-16/h11H,2-10H2,1H3,(H,15,17)(H,19,20). The van der Waals surface area contributed by atoms with Crippen molar-refractivity contribution in [2.45, 2.75) is 45.1 Å². The monoisotopic (exact) mass is 316 g/mol. The summed E-state index contributed by atoms with van der Waals surface area (Å²) in [6.07, 6.45) is 4.38. The predicted octanol–water partition coefficient (Wildman–Crippen LogP) is 1.10. The second kappa shape index (κ2) is 9.65. The molecule has 1 aliphatic rings. The van der Waals surface area contributed by atoms with E-state index in [9.17, 15) is 14.4 Å². The second-order valence-electron chi connectivity index (χ2n) is 5.18. The first-order chi connectivity index (χ1) is 10.0. The Morgan fingerprint density at radius 2 is 1.86 bits per heavy atom. The fraction of sp³-hybridized carbons (Fsp3) is 0.786. The van der Waals surface area contributed by atoms with Gasteiger partial charge in [-0.3, -0.25) is 9.59 Å². The Kier molecular flexibility index (Phi) is 8.19. The van der Waals surface area contributed by atoms with Crippen LogP contribution >= 0.6 is 11.8 Å². The molecule has 1 unspecified atom stereocenters. The minimum absolute atomic E-state index is 0.0656. The van der Waals surface area contributed by atoms with Crippen molar-refractivity contribution >= 4 is 29.5 Å². The number of amides is 2. The van der Waals surface area contributed by atoms with Gasteiger partial charge in [0.1, 0.15) is 6.04 Å². The zero-order valence-corrected chi connectivity index (χ0v) is 13.3. The molecule has 120 valence electrons. The van der Waals surface area contributed by atoms with Gasteiger partial charge in [0.05, 0.1) is 11.5 Å². The lowest BCUT2D eigenvalue weighted by Gasteiger charge is -2.26. The molecule has 0 spiro atoms. The van der Waals surface area contributed by atoms with E-state index < -0.39 is 12.0 Å². The van der Waals surface area contributed by atoms with Crippen LogP contribution in [0.3, 0.4) is 0 Å². The maximum absolute atomic E-state index is 11.9. The topological polar surface area (TPSA) is 86.7 Å². The van der Waals surface area contributed by atoms with Crippen LogP contribution in [0, 0.1) is 0 Å². The number of carboxylic acid groups (broad SMARTS) is 1. The largest absolute Gasteiger partial charge is 0.480 e. The number of carboxylic acids is 1. The van der Waals surface area contributed by atoms with E-state index >= 15 is 0 Å². The Labute approximate surface area is 129 Å². The highest BCUT2D eigenvalue weighted by atomic mass is 32.2. The lowest BCUT2D eigenvalue weighted by atomic mass is 10.1. The number of rotatable bonds is 8. The van der Waals surface area contributed by atoms with Crippen LogP contribution in [0.5, 0.6) is 0 Å². The second-order valence-corrected chi connectivity index (χ2v) is 6.17. The van der Waals surface area contributed by atoms with Crippen molar-refractivity contribution in [1.29, 1.82) is 0 Å². The van der Waals surface area contributed by atoms with Gasteiger partial charge in [-0.25, -0.2) is 4.79 Å². The van der Waals surface area contributed by atoms with Crippen LogP contribution in [0.1, 0.15) is 39.0 Å². The van der Waals surface area contributed by atoms with Crippen molar-refractivity contribution in [3.63, 3.8) is 0 Å². The minimum atomic E-state index is -1.01. The number of hydrogen-bond donors (Lipinski definition) is 2. The summed E-state index contributed by atoms with van der Waals surface area (Å²) in [5.41, 5.74) is 0. The molecule has 0 radical (unpaired) electrons. The Bertz CT molecular complexity index is 370. The molecule has 0 saturated carbocycles. The van der Waals surface area contributed by atoms with Crippen LogP contribution in [0.25, 0.3) is 0 Å². The summed E-state index contributed by atoms with van der Waals surface area (Å²) in [6, 6.07) is -0.833. The third-order valence-electron chi connectivity index (χ3n) is 3.38. The van der Waals surface area contributed by atoms with Gasteiger partial charge in [-0.1, -0.05) is 13.3 Å². The number of thioether (sulfide) groups is 1. The van der Waals surface area contributed by atoms with Crippen LogP contribution in [0.4, 0.5) is 0 Å². The Morgan fingerprint density at radius 3 is 2.43 bits per heavy atom. The van der Waals surface area contributed by atoms with E-state index in [0.29, 0.717) is 12.8 Å². The SMILES string of the molecule is CCCC(NC(=O)CSCC(=O)N1CCCCC1)C(=O)O. The van der Waals surface area contributed by atoms with Gasteiger partial charge in [-0.05, 0) is 25.7 Å². The third kappa shape index (κ3) is 6.84. The molecule has 2 amide bonds.